The molecule has 1 unspecified atom stereocenters. The molecule has 2 aromatic carbocycles. The Balaban J connectivity index is 2.11. The number of anilines is 1. The van der Waals surface area contributed by atoms with Gasteiger partial charge in [0.15, 0.2) is 0 Å². The van der Waals surface area contributed by atoms with Gasteiger partial charge in [-0.2, -0.15) is 0 Å². The Labute approximate surface area is 127 Å². The molecule has 0 aliphatic carbocycles. The van der Waals surface area contributed by atoms with Crippen LogP contribution in [-0.4, -0.2) is 13.2 Å². The van der Waals surface area contributed by atoms with Crippen molar-refractivity contribution < 1.29 is 9.13 Å². The van der Waals surface area contributed by atoms with Crippen LogP contribution < -0.4 is 10.1 Å². The average Bonchev–Trinajstić information content (AvgIpc) is 2.44. The van der Waals surface area contributed by atoms with Gasteiger partial charge in [0.1, 0.15) is 11.6 Å². The second-order valence-electron chi connectivity index (χ2n) is 4.66. The molecular formula is C16H17BrFNO. The van der Waals surface area contributed by atoms with Crippen molar-refractivity contribution in [2.24, 2.45) is 0 Å². The van der Waals surface area contributed by atoms with Crippen LogP contribution in [0.1, 0.15) is 12.5 Å². The third kappa shape index (κ3) is 3.51. The SMILES string of the molecule is COc1ccccc1CC(C)Nc1c(F)cccc1Br. The summed E-state index contributed by atoms with van der Waals surface area (Å²) < 4.78 is 19.8. The van der Waals surface area contributed by atoms with E-state index in [1.165, 1.54) is 6.07 Å². The molecule has 0 fully saturated rings. The van der Waals surface area contributed by atoms with Crippen LogP contribution in [0.15, 0.2) is 46.9 Å². The number of hydrogen-bond acceptors (Lipinski definition) is 2. The number of hydrogen-bond donors (Lipinski definition) is 1. The maximum absolute atomic E-state index is 13.8. The van der Waals surface area contributed by atoms with E-state index in [4.69, 9.17) is 4.74 Å². The van der Waals surface area contributed by atoms with Crippen LogP contribution in [0.2, 0.25) is 0 Å². The number of methoxy groups -OCH3 is 1. The third-order valence-electron chi connectivity index (χ3n) is 3.07. The van der Waals surface area contributed by atoms with Gasteiger partial charge in [-0.1, -0.05) is 24.3 Å². The van der Waals surface area contributed by atoms with Crippen molar-refractivity contribution in [2.45, 2.75) is 19.4 Å². The summed E-state index contributed by atoms with van der Waals surface area (Å²) in [6, 6.07) is 12.9. The zero-order valence-electron chi connectivity index (χ0n) is 11.5. The predicted molar refractivity (Wildman–Crippen MR) is 83.9 cm³/mol. The zero-order chi connectivity index (χ0) is 14.5. The highest BCUT2D eigenvalue weighted by molar-refractivity contribution is 9.10. The first-order chi connectivity index (χ1) is 9.61. The van der Waals surface area contributed by atoms with Gasteiger partial charge in [-0.25, -0.2) is 4.39 Å². The van der Waals surface area contributed by atoms with Crippen molar-refractivity contribution in [1.82, 2.24) is 0 Å². The molecule has 106 valence electrons. The fraction of sp³-hybridized carbons (Fsp3) is 0.250. The van der Waals surface area contributed by atoms with Gasteiger partial charge in [0.2, 0.25) is 0 Å². The van der Waals surface area contributed by atoms with E-state index in [9.17, 15) is 4.39 Å². The lowest BCUT2D eigenvalue weighted by Crippen LogP contribution is -2.19. The maximum atomic E-state index is 13.8. The molecule has 0 heterocycles. The highest BCUT2D eigenvalue weighted by Crippen LogP contribution is 2.27. The largest absolute Gasteiger partial charge is 0.496 e. The molecule has 0 aromatic heterocycles. The minimum absolute atomic E-state index is 0.0829. The number of para-hydroxylation sites is 2. The van der Waals surface area contributed by atoms with Gasteiger partial charge in [-0.05, 0) is 53.0 Å². The van der Waals surface area contributed by atoms with Crippen LogP contribution in [0.4, 0.5) is 10.1 Å². The summed E-state index contributed by atoms with van der Waals surface area (Å²) in [4.78, 5) is 0. The molecule has 0 saturated heterocycles. The van der Waals surface area contributed by atoms with Gasteiger partial charge in [-0.3, -0.25) is 0 Å². The molecule has 0 aliphatic heterocycles. The van der Waals surface area contributed by atoms with Crippen LogP contribution in [0.5, 0.6) is 5.75 Å². The quantitative estimate of drug-likeness (QED) is 0.858. The fourth-order valence-corrected chi connectivity index (χ4v) is 2.59. The highest BCUT2D eigenvalue weighted by Gasteiger charge is 2.12. The molecule has 0 spiro atoms. The maximum Gasteiger partial charge on any atom is 0.147 e. The number of nitrogens with one attached hydrogen (secondary N) is 1. The van der Waals surface area contributed by atoms with Crippen LogP contribution >= 0.6 is 15.9 Å². The van der Waals surface area contributed by atoms with E-state index in [2.05, 4.69) is 21.2 Å². The fourth-order valence-electron chi connectivity index (χ4n) is 2.13. The lowest BCUT2D eigenvalue weighted by molar-refractivity contribution is 0.409. The molecule has 0 radical (unpaired) electrons. The second-order valence-corrected chi connectivity index (χ2v) is 5.51. The van der Waals surface area contributed by atoms with Gasteiger partial charge in [0, 0.05) is 10.5 Å². The van der Waals surface area contributed by atoms with Crippen LogP contribution in [0.25, 0.3) is 0 Å². The summed E-state index contributed by atoms with van der Waals surface area (Å²) in [5.41, 5.74) is 1.59. The van der Waals surface area contributed by atoms with Crippen molar-refractivity contribution in [2.75, 3.05) is 12.4 Å². The molecule has 0 aliphatic rings. The molecule has 1 N–H and O–H groups in total. The zero-order valence-corrected chi connectivity index (χ0v) is 13.1. The Morgan fingerprint density at radius 3 is 2.65 bits per heavy atom. The molecule has 1 atom stereocenters. The summed E-state index contributed by atoms with van der Waals surface area (Å²) in [6.45, 7) is 2.02. The summed E-state index contributed by atoms with van der Waals surface area (Å²) in [6.07, 6.45) is 0.755. The third-order valence-corrected chi connectivity index (χ3v) is 3.73. The molecule has 2 nitrogen and oxygen atoms in total. The first-order valence-corrected chi connectivity index (χ1v) is 7.23. The number of rotatable bonds is 5. The Kier molecular flexibility index (Phi) is 5.01. The van der Waals surface area contributed by atoms with E-state index >= 15 is 0 Å². The average molecular weight is 338 g/mol. The van der Waals surface area contributed by atoms with Crippen molar-refractivity contribution in [3.05, 3.63) is 58.3 Å². The summed E-state index contributed by atoms with van der Waals surface area (Å²) >= 11 is 3.36. The predicted octanol–water partition coefficient (Wildman–Crippen LogP) is 4.64. The smallest absolute Gasteiger partial charge is 0.147 e. The van der Waals surface area contributed by atoms with E-state index in [-0.39, 0.29) is 11.9 Å². The van der Waals surface area contributed by atoms with E-state index in [1.54, 1.807) is 13.2 Å². The lowest BCUT2D eigenvalue weighted by atomic mass is 10.1. The minimum Gasteiger partial charge on any atom is -0.496 e. The van der Waals surface area contributed by atoms with Crippen molar-refractivity contribution >= 4 is 21.6 Å². The summed E-state index contributed by atoms with van der Waals surface area (Å²) in [5.74, 6) is 0.597. The molecule has 0 bridgehead atoms. The molecule has 0 saturated carbocycles. The summed E-state index contributed by atoms with van der Waals surface area (Å²) in [5, 5.41) is 3.20. The Morgan fingerprint density at radius 2 is 1.95 bits per heavy atom. The number of ether oxygens (including phenoxy) is 1. The Morgan fingerprint density at radius 1 is 1.20 bits per heavy atom. The van der Waals surface area contributed by atoms with E-state index in [0.29, 0.717) is 5.69 Å². The van der Waals surface area contributed by atoms with E-state index < -0.39 is 0 Å². The topological polar surface area (TPSA) is 21.3 Å². The van der Waals surface area contributed by atoms with E-state index in [1.807, 2.05) is 37.3 Å². The van der Waals surface area contributed by atoms with Gasteiger partial charge >= 0.3 is 0 Å². The molecule has 2 rings (SSSR count). The first kappa shape index (κ1) is 14.9. The second kappa shape index (κ2) is 6.75. The Hall–Kier alpha value is -1.55. The summed E-state index contributed by atoms with van der Waals surface area (Å²) in [7, 11) is 1.66. The monoisotopic (exact) mass is 337 g/mol. The molecule has 4 heteroatoms. The van der Waals surface area contributed by atoms with Crippen LogP contribution in [-0.2, 0) is 6.42 Å². The van der Waals surface area contributed by atoms with Crippen molar-refractivity contribution in [3.8, 4) is 5.75 Å². The molecule has 20 heavy (non-hydrogen) atoms. The normalized spacial score (nSPS) is 12.0. The highest BCUT2D eigenvalue weighted by atomic mass is 79.9. The molecular weight excluding hydrogens is 321 g/mol. The standard InChI is InChI=1S/C16H17BrFNO/c1-11(10-12-6-3-4-9-15(12)20-2)19-16-13(17)7-5-8-14(16)18/h3-9,11,19H,10H2,1-2H3. The van der Waals surface area contributed by atoms with Gasteiger partial charge in [-0.15, -0.1) is 0 Å². The molecule has 0 amide bonds. The van der Waals surface area contributed by atoms with Gasteiger partial charge in [0.05, 0.1) is 12.8 Å². The molecule has 2 aromatic rings. The van der Waals surface area contributed by atoms with Gasteiger partial charge < -0.3 is 10.1 Å². The lowest BCUT2D eigenvalue weighted by Gasteiger charge is -2.18. The number of benzene rings is 2. The van der Waals surface area contributed by atoms with Crippen molar-refractivity contribution in [3.63, 3.8) is 0 Å². The van der Waals surface area contributed by atoms with Crippen molar-refractivity contribution in [1.29, 1.82) is 0 Å². The van der Waals surface area contributed by atoms with Gasteiger partial charge in [0.25, 0.3) is 0 Å². The Bertz CT molecular complexity index is 568. The number of halogens is 2. The first-order valence-electron chi connectivity index (χ1n) is 6.44. The minimum atomic E-state index is -0.258. The van der Waals surface area contributed by atoms with Crippen LogP contribution in [0.3, 0.4) is 0 Å². The van der Waals surface area contributed by atoms with Crippen LogP contribution in [0, 0.1) is 5.82 Å². The van der Waals surface area contributed by atoms with E-state index in [0.717, 1.165) is 22.2 Å².